The summed E-state index contributed by atoms with van der Waals surface area (Å²) in [6.07, 6.45) is 2.21. The summed E-state index contributed by atoms with van der Waals surface area (Å²) in [7, 11) is 0. The molecule has 2 aromatic carbocycles. The summed E-state index contributed by atoms with van der Waals surface area (Å²) in [6, 6.07) is 11.1. The molecule has 2 aromatic rings. The molecule has 1 atom stereocenters. The van der Waals surface area contributed by atoms with E-state index in [1.807, 2.05) is 26.0 Å². The monoisotopic (exact) mass is 413 g/mol. The van der Waals surface area contributed by atoms with Crippen LogP contribution in [-0.4, -0.2) is 41.4 Å². The number of hydrogen-bond donors (Lipinski definition) is 1. The first kappa shape index (κ1) is 21.3. The van der Waals surface area contributed by atoms with E-state index in [1.165, 1.54) is 17.8 Å². The van der Waals surface area contributed by atoms with Crippen LogP contribution < -0.4 is 5.32 Å². The molecule has 1 aliphatic rings. The van der Waals surface area contributed by atoms with Crippen LogP contribution in [0.25, 0.3) is 0 Å². The van der Waals surface area contributed by atoms with Crippen LogP contribution in [0.4, 0.5) is 5.69 Å². The highest BCUT2D eigenvalue weighted by atomic mass is 32.2. The number of carbonyl (C=O) groups excluding carboxylic acids is 1. The van der Waals surface area contributed by atoms with E-state index in [2.05, 4.69) is 23.2 Å². The molecule has 29 heavy (non-hydrogen) atoms. The molecule has 0 saturated carbocycles. The summed E-state index contributed by atoms with van der Waals surface area (Å²) < 4.78 is 0. The molecule has 1 saturated heterocycles. The first-order chi connectivity index (χ1) is 13.9. The third-order valence-corrected chi connectivity index (χ3v) is 6.61. The Labute approximate surface area is 175 Å². The van der Waals surface area contributed by atoms with Gasteiger partial charge in [-0.25, -0.2) is 0 Å². The molecule has 1 amide bonds. The van der Waals surface area contributed by atoms with Gasteiger partial charge in [0.1, 0.15) is 0 Å². The summed E-state index contributed by atoms with van der Waals surface area (Å²) in [5.41, 5.74) is 2.50. The van der Waals surface area contributed by atoms with Crippen LogP contribution in [0.15, 0.2) is 46.2 Å². The Balaban J connectivity index is 1.75. The van der Waals surface area contributed by atoms with Gasteiger partial charge in [0.2, 0.25) is 0 Å². The van der Waals surface area contributed by atoms with Gasteiger partial charge < -0.3 is 5.32 Å². The number of likely N-dealkylation sites (N-methyl/N-ethyl adjacent to an activating group) is 1. The van der Waals surface area contributed by atoms with Gasteiger partial charge in [-0.15, -0.1) is 0 Å². The van der Waals surface area contributed by atoms with E-state index in [1.54, 1.807) is 12.1 Å². The number of likely N-dealkylation sites (tertiary alicyclic amines) is 1. The van der Waals surface area contributed by atoms with Gasteiger partial charge in [0.15, 0.2) is 0 Å². The molecule has 0 bridgehead atoms. The number of nitrogens with zero attached hydrogens (tertiary/aromatic N) is 2. The van der Waals surface area contributed by atoms with Crippen molar-refractivity contribution in [1.82, 2.24) is 10.2 Å². The normalized spacial score (nSPS) is 16.7. The van der Waals surface area contributed by atoms with E-state index in [0.29, 0.717) is 23.0 Å². The Kier molecular flexibility index (Phi) is 6.92. The smallest absolute Gasteiger partial charge is 0.284 e. The van der Waals surface area contributed by atoms with E-state index in [9.17, 15) is 14.9 Å². The molecule has 7 heteroatoms. The average molecular weight is 414 g/mol. The Morgan fingerprint density at radius 3 is 2.69 bits per heavy atom. The van der Waals surface area contributed by atoms with Gasteiger partial charge in [-0.05, 0) is 63.5 Å². The Hall–Kier alpha value is -2.38. The number of aryl methyl sites for hydroxylation is 2. The number of nitro benzene ring substituents is 1. The molecule has 0 radical (unpaired) electrons. The fourth-order valence-electron chi connectivity index (χ4n) is 3.78. The second-order valence-corrected chi connectivity index (χ2v) is 8.53. The van der Waals surface area contributed by atoms with Crippen molar-refractivity contribution in [2.75, 3.05) is 19.6 Å². The molecule has 0 spiro atoms. The van der Waals surface area contributed by atoms with Gasteiger partial charge >= 0.3 is 0 Å². The lowest BCUT2D eigenvalue weighted by Crippen LogP contribution is -2.40. The van der Waals surface area contributed by atoms with E-state index >= 15 is 0 Å². The predicted molar refractivity (Wildman–Crippen MR) is 116 cm³/mol. The van der Waals surface area contributed by atoms with Crippen LogP contribution in [0.3, 0.4) is 0 Å². The van der Waals surface area contributed by atoms with Crippen molar-refractivity contribution in [3.63, 3.8) is 0 Å². The third-order valence-electron chi connectivity index (χ3n) is 5.37. The lowest BCUT2D eigenvalue weighted by atomic mass is 10.1. The molecule has 1 unspecified atom stereocenters. The van der Waals surface area contributed by atoms with Crippen LogP contribution in [0.2, 0.25) is 0 Å². The first-order valence-corrected chi connectivity index (χ1v) is 10.8. The maximum atomic E-state index is 12.6. The SMILES string of the molecule is CCN1CCCC1CNC(=O)c1ccc(Sc2ccc(C)cc2C)c([N+](=O)[O-])c1. The number of nitrogens with one attached hydrogen (secondary N) is 1. The standard InChI is InChI=1S/C22H27N3O3S/c1-4-24-11-5-6-18(24)14-23-22(26)17-8-10-21(19(13-17)25(27)28)29-20-9-7-15(2)12-16(20)3/h7-10,12-13,18H,4-6,11,14H2,1-3H3,(H,23,26). The minimum atomic E-state index is -0.418. The third kappa shape index (κ3) is 5.16. The fourth-order valence-corrected chi connectivity index (χ4v) is 4.74. The van der Waals surface area contributed by atoms with E-state index in [-0.39, 0.29) is 11.6 Å². The van der Waals surface area contributed by atoms with Gasteiger partial charge in [0.25, 0.3) is 11.6 Å². The van der Waals surface area contributed by atoms with E-state index in [4.69, 9.17) is 0 Å². The Morgan fingerprint density at radius 2 is 2.00 bits per heavy atom. The van der Waals surface area contributed by atoms with Crippen LogP contribution in [0.1, 0.15) is 41.3 Å². The quantitative estimate of drug-likeness (QED) is 0.531. The minimum absolute atomic E-state index is 0.0429. The second-order valence-electron chi connectivity index (χ2n) is 7.45. The molecule has 1 heterocycles. The largest absolute Gasteiger partial charge is 0.350 e. The van der Waals surface area contributed by atoms with Crippen molar-refractivity contribution in [1.29, 1.82) is 0 Å². The zero-order valence-electron chi connectivity index (χ0n) is 17.1. The molecule has 0 aromatic heterocycles. The van der Waals surface area contributed by atoms with Crippen LogP contribution in [0.5, 0.6) is 0 Å². The van der Waals surface area contributed by atoms with E-state index < -0.39 is 4.92 Å². The zero-order chi connectivity index (χ0) is 21.0. The lowest BCUT2D eigenvalue weighted by Gasteiger charge is -2.22. The van der Waals surface area contributed by atoms with Crippen LogP contribution >= 0.6 is 11.8 Å². The zero-order valence-corrected chi connectivity index (χ0v) is 17.9. The number of benzene rings is 2. The van der Waals surface area contributed by atoms with E-state index in [0.717, 1.165) is 42.0 Å². The number of nitro groups is 1. The number of amides is 1. The average Bonchev–Trinajstić information content (AvgIpc) is 3.16. The molecule has 0 aliphatic carbocycles. The number of carbonyl (C=O) groups is 1. The topological polar surface area (TPSA) is 75.5 Å². The van der Waals surface area contributed by atoms with Crippen molar-refractivity contribution in [2.24, 2.45) is 0 Å². The summed E-state index contributed by atoms with van der Waals surface area (Å²) in [6.45, 7) is 8.73. The fraction of sp³-hybridized carbons (Fsp3) is 0.409. The van der Waals surface area contributed by atoms with Gasteiger partial charge in [0, 0.05) is 29.1 Å². The number of hydrogen-bond acceptors (Lipinski definition) is 5. The highest BCUT2D eigenvalue weighted by molar-refractivity contribution is 7.99. The Morgan fingerprint density at radius 1 is 1.24 bits per heavy atom. The highest BCUT2D eigenvalue weighted by Crippen LogP contribution is 2.37. The predicted octanol–water partition coefficient (Wildman–Crippen LogP) is 4.58. The van der Waals surface area contributed by atoms with Gasteiger partial charge in [-0.1, -0.05) is 36.4 Å². The molecular weight excluding hydrogens is 386 g/mol. The molecule has 1 aliphatic heterocycles. The molecule has 1 fully saturated rings. The van der Waals surface area contributed by atoms with Gasteiger partial charge in [-0.3, -0.25) is 19.8 Å². The van der Waals surface area contributed by atoms with Crippen LogP contribution in [0, 0.1) is 24.0 Å². The lowest BCUT2D eigenvalue weighted by molar-refractivity contribution is -0.387. The van der Waals surface area contributed by atoms with Gasteiger partial charge in [-0.2, -0.15) is 0 Å². The van der Waals surface area contributed by atoms with Crippen LogP contribution in [-0.2, 0) is 0 Å². The van der Waals surface area contributed by atoms with Crippen molar-refractivity contribution < 1.29 is 9.72 Å². The maximum Gasteiger partial charge on any atom is 0.284 e. The molecule has 6 nitrogen and oxygen atoms in total. The summed E-state index contributed by atoms with van der Waals surface area (Å²) in [5, 5.41) is 14.6. The Bertz CT molecular complexity index is 916. The molecule has 3 rings (SSSR count). The van der Waals surface area contributed by atoms with Crippen molar-refractivity contribution in [3.05, 3.63) is 63.2 Å². The van der Waals surface area contributed by atoms with Gasteiger partial charge in [0.05, 0.1) is 9.82 Å². The molecule has 1 N–H and O–H groups in total. The highest BCUT2D eigenvalue weighted by Gasteiger charge is 2.24. The molecular formula is C22H27N3O3S. The maximum absolute atomic E-state index is 12.6. The summed E-state index contributed by atoms with van der Waals surface area (Å²) in [5.74, 6) is -0.265. The first-order valence-electron chi connectivity index (χ1n) is 9.95. The van der Waals surface area contributed by atoms with Crippen molar-refractivity contribution in [3.8, 4) is 0 Å². The minimum Gasteiger partial charge on any atom is -0.350 e. The number of rotatable bonds is 7. The second kappa shape index (κ2) is 9.41. The molecule has 154 valence electrons. The van der Waals surface area contributed by atoms with Crippen molar-refractivity contribution >= 4 is 23.4 Å². The summed E-state index contributed by atoms with van der Waals surface area (Å²) in [4.78, 5) is 27.6. The van der Waals surface area contributed by atoms with Crippen molar-refractivity contribution in [2.45, 2.75) is 49.4 Å². The summed E-state index contributed by atoms with van der Waals surface area (Å²) >= 11 is 1.36.